The third-order valence-electron chi connectivity index (χ3n) is 7.70. The lowest BCUT2D eigenvalue weighted by Gasteiger charge is -2.38. The molecule has 0 bridgehead atoms. The van der Waals surface area contributed by atoms with Crippen molar-refractivity contribution in [3.63, 3.8) is 0 Å². The van der Waals surface area contributed by atoms with Crippen molar-refractivity contribution in [2.45, 2.75) is 76.5 Å². The number of sulfonamides is 1. The van der Waals surface area contributed by atoms with Crippen LogP contribution in [-0.4, -0.2) is 48.4 Å². The molecule has 1 aliphatic carbocycles. The summed E-state index contributed by atoms with van der Waals surface area (Å²) >= 11 is 0. The standard InChI is InChI=1S/C30H42N4O5SSi/c1-7-21-8-13-28-23(16-21)11-14-27(22-9-10-22)34(28)40(36,37)24-12-15-29(25(17-24)30(35)38-3)39-18-26(33-31)20(2)32-19-41(4,5)6/h8,12-13,15-17,22,27,31-32H,7,9-11,14,18-19H2,1-6H3/b26-20-,33-31?. The first-order valence-electron chi connectivity index (χ1n) is 14.2. The Morgan fingerprint density at radius 1 is 1.15 bits per heavy atom. The summed E-state index contributed by atoms with van der Waals surface area (Å²) in [7, 11) is -4.13. The third kappa shape index (κ3) is 7.01. The van der Waals surface area contributed by atoms with Gasteiger partial charge in [0.2, 0.25) is 0 Å². The number of rotatable bonds is 12. The molecule has 0 saturated heterocycles. The number of fused-ring (bicyclic) bond motifs is 1. The largest absolute Gasteiger partial charge is 0.486 e. The average molecular weight is 599 g/mol. The van der Waals surface area contributed by atoms with Gasteiger partial charge in [-0.25, -0.2) is 18.7 Å². The minimum Gasteiger partial charge on any atom is -0.486 e. The van der Waals surface area contributed by atoms with Crippen LogP contribution < -0.4 is 14.4 Å². The molecule has 1 atom stereocenters. The highest BCUT2D eigenvalue weighted by Crippen LogP contribution is 2.45. The Labute approximate surface area is 244 Å². The first-order chi connectivity index (χ1) is 19.4. The highest BCUT2D eigenvalue weighted by atomic mass is 32.2. The van der Waals surface area contributed by atoms with E-state index in [0.29, 0.717) is 11.6 Å². The number of ether oxygens (including phenoxy) is 2. The molecule has 9 nitrogen and oxygen atoms in total. The smallest absolute Gasteiger partial charge is 0.341 e. The van der Waals surface area contributed by atoms with E-state index in [2.05, 4.69) is 43.1 Å². The second kappa shape index (κ2) is 12.4. The van der Waals surface area contributed by atoms with E-state index in [-0.39, 0.29) is 28.9 Å². The van der Waals surface area contributed by atoms with Gasteiger partial charge in [-0.05, 0) is 80.3 Å². The Bertz CT molecular complexity index is 1450. The molecule has 2 aromatic rings. The lowest BCUT2D eigenvalue weighted by molar-refractivity contribution is 0.0596. The summed E-state index contributed by atoms with van der Waals surface area (Å²) < 4.78 is 41.0. The Morgan fingerprint density at radius 2 is 1.88 bits per heavy atom. The van der Waals surface area contributed by atoms with Crippen molar-refractivity contribution in [2.75, 3.05) is 24.2 Å². The molecule has 11 heteroatoms. The van der Waals surface area contributed by atoms with Crippen molar-refractivity contribution in [2.24, 2.45) is 11.0 Å². The molecule has 222 valence electrons. The Morgan fingerprint density at radius 3 is 2.49 bits per heavy atom. The van der Waals surface area contributed by atoms with Crippen molar-refractivity contribution in [3.8, 4) is 5.75 Å². The van der Waals surface area contributed by atoms with E-state index < -0.39 is 24.1 Å². The van der Waals surface area contributed by atoms with Crippen molar-refractivity contribution < 1.29 is 22.7 Å². The maximum Gasteiger partial charge on any atom is 0.341 e. The quantitative estimate of drug-likeness (QED) is 0.174. The van der Waals surface area contributed by atoms with Gasteiger partial charge in [-0.15, -0.1) is 0 Å². The number of nitrogens with one attached hydrogen (secondary N) is 2. The minimum atomic E-state index is -3.99. The summed E-state index contributed by atoms with van der Waals surface area (Å²) in [6, 6.07) is 10.2. The maximum atomic E-state index is 14.3. The lowest BCUT2D eigenvalue weighted by atomic mass is 9.93. The first-order valence-corrected chi connectivity index (χ1v) is 19.4. The molecule has 1 heterocycles. The second-order valence-corrected chi connectivity index (χ2v) is 19.4. The summed E-state index contributed by atoms with van der Waals surface area (Å²) in [4.78, 5) is 12.8. The van der Waals surface area contributed by atoms with Gasteiger partial charge in [-0.2, -0.15) is 5.11 Å². The summed E-state index contributed by atoms with van der Waals surface area (Å²) in [6.07, 6.45) is 5.35. The van der Waals surface area contributed by atoms with Crippen LogP contribution in [0.1, 0.15) is 54.6 Å². The molecule has 1 aliphatic heterocycles. The van der Waals surface area contributed by atoms with E-state index in [1.54, 1.807) is 4.31 Å². The molecule has 0 aromatic heterocycles. The van der Waals surface area contributed by atoms with Crippen LogP contribution in [0.3, 0.4) is 0 Å². The number of allylic oxidation sites excluding steroid dienone is 1. The summed E-state index contributed by atoms with van der Waals surface area (Å²) in [5.74, 6) is -0.201. The van der Waals surface area contributed by atoms with Crippen LogP contribution in [0, 0.1) is 11.4 Å². The molecule has 0 radical (unpaired) electrons. The molecule has 2 N–H and O–H groups in total. The Kier molecular flexibility index (Phi) is 9.28. The highest BCUT2D eigenvalue weighted by Gasteiger charge is 2.44. The van der Waals surface area contributed by atoms with E-state index in [0.717, 1.165) is 55.2 Å². The maximum absolute atomic E-state index is 14.3. The number of hydrogen-bond acceptors (Lipinski definition) is 8. The van der Waals surface area contributed by atoms with Crippen molar-refractivity contribution in [3.05, 3.63) is 64.5 Å². The molecule has 2 aliphatic rings. The Hall–Kier alpha value is -3.18. The fraction of sp³-hybridized carbons (Fsp3) is 0.500. The van der Waals surface area contributed by atoms with Crippen LogP contribution in [0.4, 0.5) is 5.69 Å². The molecule has 0 amide bonds. The number of aryl methyl sites for hydroxylation is 2. The zero-order valence-corrected chi connectivity index (χ0v) is 26.7. The fourth-order valence-corrected chi connectivity index (χ4v) is 7.74. The number of anilines is 1. The van der Waals surface area contributed by atoms with Crippen LogP contribution in [-0.2, 0) is 27.6 Å². The van der Waals surface area contributed by atoms with Gasteiger partial charge in [-0.3, -0.25) is 4.31 Å². The molecular formula is C30H42N4O5SSi. The number of carbonyl (C=O) groups is 1. The number of carbonyl (C=O) groups excluding carboxylic acids is 1. The van der Waals surface area contributed by atoms with Crippen molar-refractivity contribution in [1.29, 1.82) is 5.53 Å². The lowest BCUT2D eigenvalue weighted by Crippen LogP contribution is -2.45. The molecule has 1 fully saturated rings. The number of methoxy groups -OCH3 is 1. The SMILES string of the molecule is CCc1ccc2c(c1)CCC(C1CC1)N2S(=O)(=O)c1ccc(OC/C(N=N)=C(\C)NC[Si](C)(C)C)c(C(=O)OC)c1. The van der Waals surface area contributed by atoms with Gasteiger partial charge in [0.25, 0.3) is 10.0 Å². The van der Waals surface area contributed by atoms with E-state index in [1.807, 2.05) is 19.1 Å². The molecule has 0 spiro atoms. The van der Waals surface area contributed by atoms with Gasteiger partial charge in [0.15, 0.2) is 0 Å². The van der Waals surface area contributed by atoms with Crippen LogP contribution >= 0.6 is 0 Å². The summed E-state index contributed by atoms with van der Waals surface area (Å²) in [5.41, 5.74) is 11.7. The topological polar surface area (TPSA) is 121 Å². The van der Waals surface area contributed by atoms with E-state index >= 15 is 0 Å². The molecule has 1 saturated carbocycles. The third-order valence-corrected chi connectivity index (χ3v) is 10.8. The van der Waals surface area contributed by atoms with Crippen LogP contribution in [0.25, 0.3) is 0 Å². The van der Waals surface area contributed by atoms with Crippen molar-refractivity contribution in [1.82, 2.24) is 5.32 Å². The van der Waals surface area contributed by atoms with Gasteiger partial charge in [0.05, 0.1) is 25.8 Å². The number of hydrogen-bond donors (Lipinski definition) is 2. The van der Waals surface area contributed by atoms with E-state index in [9.17, 15) is 13.2 Å². The van der Waals surface area contributed by atoms with Gasteiger partial charge < -0.3 is 14.8 Å². The number of esters is 1. The number of benzene rings is 2. The monoisotopic (exact) mass is 598 g/mol. The van der Waals surface area contributed by atoms with Crippen LogP contribution in [0.15, 0.2) is 57.8 Å². The molecule has 1 unspecified atom stereocenters. The van der Waals surface area contributed by atoms with Crippen LogP contribution in [0.2, 0.25) is 19.6 Å². The van der Waals surface area contributed by atoms with Gasteiger partial charge in [0, 0.05) is 17.9 Å². The molecule has 41 heavy (non-hydrogen) atoms. The Balaban J connectivity index is 1.67. The predicted octanol–water partition coefficient (Wildman–Crippen LogP) is 6.06. The first kappa shape index (κ1) is 30.8. The predicted molar refractivity (Wildman–Crippen MR) is 163 cm³/mol. The highest BCUT2D eigenvalue weighted by molar-refractivity contribution is 7.92. The number of nitrogens with zero attached hydrogens (tertiary/aromatic N) is 2. The van der Waals surface area contributed by atoms with E-state index in [4.69, 9.17) is 15.0 Å². The fourth-order valence-electron chi connectivity index (χ4n) is 5.14. The second-order valence-electron chi connectivity index (χ2n) is 12.1. The molecular weight excluding hydrogens is 557 g/mol. The van der Waals surface area contributed by atoms with Gasteiger partial charge in [0.1, 0.15) is 23.6 Å². The summed E-state index contributed by atoms with van der Waals surface area (Å²) in [5, 5.41) is 6.95. The van der Waals surface area contributed by atoms with Crippen LogP contribution in [0.5, 0.6) is 5.75 Å². The van der Waals surface area contributed by atoms with Gasteiger partial charge >= 0.3 is 5.97 Å². The molecule has 2 aromatic carbocycles. The molecule has 4 rings (SSSR count). The minimum absolute atomic E-state index is 0.00662. The average Bonchev–Trinajstić information content (AvgIpc) is 3.80. The van der Waals surface area contributed by atoms with Crippen molar-refractivity contribution >= 4 is 29.8 Å². The normalized spacial score (nSPS) is 17.8. The zero-order chi connectivity index (χ0) is 29.9. The zero-order valence-electron chi connectivity index (χ0n) is 24.9. The summed E-state index contributed by atoms with van der Waals surface area (Å²) in [6.45, 7) is 10.6. The van der Waals surface area contributed by atoms with Gasteiger partial charge in [-0.1, -0.05) is 38.7 Å². The van der Waals surface area contributed by atoms with E-state index in [1.165, 1.54) is 30.9 Å².